The van der Waals surface area contributed by atoms with E-state index in [4.69, 9.17) is 4.74 Å². The molecule has 1 saturated carbocycles. The maximum atomic E-state index is 11.1. The van der Waals surface area contributed by atoms with Crippen molar-refractivity contribution in [3.05, 3.63) is 88.5 Å². The average molecular weight is 582 g/mol. The van der Waals surface area contributed by atoms with Gasteiger partial charge < -0.3 is 35.6 Å². The summed E-state index contributed by atoms with van der Waals surface area (Å²) in [6, 6.07) is 18.4. The molecule has 1 aliphatic carbocycles. The van der Waals surface area contributed by atoms with Crippen molar-refractivity contribution < 1.29 is 30.3 Å². The Labute approximate surface area is 251 Å². The van der Waals surface area contributed by atoms with Crippen molar-refractivity contribution in [3.63, 3.8) is 0 Å². The second-order valence-electron chi connectivity index (χ2n) is 12.0. The Morgan fingerprint density at radius 1 is 0.791 bits per heavy atom. The number of nitrogens with one attached hydrogen (secondary N) is 1. The number of rotatable bonds is 8. The van der Waals surface area contributed by atoms with Crippen LogP contribution >= 0.6 is 0 Å². The highest BCUT2D eigenvalue weighted by Crippen LogP contribution is 2.45. The van der Waals surface area contributed by atoms with Gasteiger partial charge in [-0.3, -0.25) is 0 Å². The molecule has 1 spiro atoms. The van der Waals surface area contributed by atoms with Crippen LogP contribution in [0.25, 0.3) is 22.9 Å². The van der Waals surface area contributed by atoms with Gasteiger partial charge in [0.05, 0.1) is 11.0 Å². The number of phenols is 5. The molecule has 0 unspecified atom stereocenters. The third-order valence-corrected chi connectivity index (χ3v) is 9.14. The van der Waals surface area contributed by atoms with Crippen LogP contribution in [-0.4, -0.2) is 43.8 Å². The zero-order valence-electron chi connectivity index (χ0n) is 24.2. The monoisotopic (exact) mass is 581 g/mol. The minimum Gasteiger partial charge on any atom is -0.507 e. The first-order chi connectivity index (χ1) is 20.8. The van der Waals surface area contributed by atoms with Gasteiger partial charge in [0.25, 0.3) is 0 Å². The van der Waals surface area contributed by atoms with E-state index in [-0.39, 0.29) is 39.7 Å². The van der Waals surface area contributed by atoms with Crippen LogP contribution in [0.1, 0.15) is 66.3 Å². The first-order valence-electron chi connectivity index (χ1n) is 15.2. The van der Waals surface area contributed by atoms with E-state index in [1.54, 1.807) is 30.4 Å². The van der Waals surface area contributed by atoms with E-state index in [0.717, 1.165) is 31.6 Å². The van der Waals surface area contributed by atoms with Gasteiger partial charge in [-0.25, -0.2) is 0 Å². The Morgan fingerprint density at radius 2 is 1.56 bits per heavy atom. The van der Waals surface area contributed by atoms with E-state index in [1.165, 1.54) is 49.4 Å². The number of ether oxygens (including phenoxy) is 1. The maximum Gasteiger partial charge on any atom is 0.169 e. The lowest BCUT2D eigenvalue weighted by Crippen LogP contribution is -2.45. The summed E-state index contributed by atoms with van der Waals surface area (Å²) >= 11 is 0. The predicted octanol–water partition coefficient (Wildman–Crippen LogP) is 6.90. The molecule has 1 heterocycles. The molecule has 4 aromatic carbocycles. The molecule has 6 rings (SSSR count). The Bertz CT molecular complexity index is 1640. The Hall–Kier alpha value is -4.20. The molecule has 6 N–H and O–H groups in total. The Balaban J connectivity index is 1.19. The number of fused-ring (bicyclic) bond motifs is 1. The normalized spacial score (nSPS) is 18.2. The van der Waals surface area contributed by atoms with Gasteiger partial charge >= 0.3 is 0 Å². The molecular weight excluding hydrogens is 542 g/mol. The van der Waals surface area contributed by atoms with E-state index in [0.29, 0.717) is 41.0 Å². The SMILES string of the molecule is Oc1ccc(C=Cc2c(CCc3ccc(CN[C@H]4CCOC5(CCCC5)C4)cc3)c(O)c(O)c3c(O)cccc23)cc1O. The summed E-state index contributed by atoms with van der Waals surface area (Å²) in [7, 11) is 0. The van der Waals surface area contributed by atoms with Crippen molar-refractivity contribution in [2.45, 2.75) is 69.6 Å². The zero-order chi connectivity index (χ0) is 30.0. The number of benzene rings is 4. The third kappa shape index (κ3) is 6.14. The van der Waals surface area contributed by atoms with Gasteiger partial charge in [-0.2, -0.15) is 0 Å². The Kier molecular flexibility index (Phi) is 8.19. The number of aryl methyl sites for hydroxylation is 1. The average Bonchev–Trinajstić information content (AvgIpc) is 3.45. The van der Waals surface area contributed by atoms with Crippen LogP contribution in [0.4, 0.5) is 0 Å². The van der Waals surface area contributed by atoms with Gasteiger partial charge in [0.15, 0.2) is 23.0 Å². The summed E-state index contributed by atoms with van der Waals surface area (Å²) in [4.78, 5) is 0. The molecule has 0 bridgehead atoms. The first-order valence-corrected chi connectivity index (χ1v) is 15.2. The van der Waals surface area contributed by atoms with Crippen molar-refractivity contribution in [3.8, 4) is 28.7 Å². The van der Waals surface area contributed by atoms with Crippen LogP contribution in [0.2, 0.25) is 0 Å². The van der Waals surface area contributed by atoms with Crippen LogP contribution < -0.4 is 5.32 Å². The fourth-order valence-electron chi connectivity index (χ4n) is 6.76. The number of hydrogen-bond donors (Lipinski definition) is 6. The number of hydrogen-bond acceptors (Lipinski definition) is 7. The lowest BCUT2D eigenvalue weighted by Gasteiger charge is -2.38. The van der Waals surface area contributed by atoms with Gasteiger partial charge in [-0.1, -0.05) is 67.5 Å². The summed E-state index contributed by atoms with van der Waals surface area (Å²) in [5.74, 6) is -1.19. The molecule has 0 aromatic heterocycles. The van der Waals surface area contributed by atoms with Crippen LogP contribution in [-0.2, 0) is 24.1 Å². The highest BCUT2D eigenvalue weighted by Gasteiger charge is 2.39. The van der Waals surface area contributed by atoms with Crippen molar-refractivity contribution in [2.75, 3.05) is 6.61 Å². The van der Waals surface area contributed by atoms with Crippen molar-refractivity contribution in [1.29, 1.82) is 0 Å². The van der Waals surface area contributed by atoms with E-state index in [1.807, 2.05) is 0 Å². The minimum absolute atomic E-state index is 0.0984. The maximum absolute atomic E-state index is 11.1. The van der Waals surface area contributed by atoms with E-state index >= 15 is 0 Å². The zero-order valence-corrected chi connectivity index (χ0v) is 24.2. The molecule has 0 radical (unpaired) electrons. The summed E-state index contributed by atoms with van der Waals surface area (Å²) < 4.78 is 6.18. The van der Waals surface area contributed by atoms with Gasteiger partial charge in [0.2, 0.25) is 0 Å². The number of aromatic hydroxyl groups is 5. The molecule has 1 aliphatic heterocycles. The second-order valence-corrected chi connectivity index (χ2v) is 12.0. The largest absolute Gasteiger partial charge is 0.507 e. The van der Waals surface area contributed by atoms with Crippen LogP contribution in [0.15, 0.2) is 60.7 Å². The lowest BCUT2D eigenvalue weighted by atomic mass is 9.89. The molecule has 2 aliphatic rings. The highest BCUT2D eigenvalue weighted by molar-refractivity contribution is 6.03. The van der Waals surface area contributed by atoms with Crippen LogP contribution in [0, 0.1) is 0 Å². The van der Waals surface area contributed by atoms with Gasteiger partial charge in [-0.05, 0) is 84.4 Å². The smallest absolute Gasteiger partial charge is 0.169 e. The Morgan fingerprint density at radius 3 is 2.33 bits per heavy atom. The lowest BCUT2D eigenvalue weighted by molar-refractivity contribution is -0.0837. The van der Waals surface area contributed by atoms with Crippen LogP contribution in [0.5, 0.6) is 28.7 Å². The summed E-state index contributed by atoms with van der Waals surface area (Å²) in [6.07, 6.45) is 11.7. The molecule has 4 aromatic rings. The van der Waals surface area contributed by atoms with E-state index < -0.39 is 0 Å². The van der Waals surface area contributed by atoms with Gasteiger partial charge in [0.1, 0.15) is 5.75 Å². The first kappa shape index (κ1) is 28.9. The van der Waals surface area contributed by atoms with Gasteiger partial charge in [0, 0.05) is 24.8 Å². The fourth-order valence-corrected chi connectivity index (χ4v) is 6.76. The van der Waals surface area contributed by atoms with Crippen LogP contribution in [0.3, 0.4) is 0 Å². The van der Waals surface area contributed by atoms with E-state index in [9.17, 15) is 25.5 Å². The summed E-state index contributed by atoms with van der Waals surface area (Å²) in [6.45, 7) is 1.65. The summed E-state index contributed by atoms with van der Waals surface area (Å²) in [5.41, 5.74) is 4.28. The molecule has 1 saturated heterocycles. The molecule has 224 valence electrons. The molecule has 0 amide bonds. The van der Waals surface area contributed by atoms with E-state index in [2.05, 4.69) is 29.6 Å². The molecule has 43 heavy (non-hydrogen) atoms. The second kappa shape index (κ2) is 12.2. The third-order valence-electron chi connectivity index (χ3n) is 9.14. The van der Waals surface area contributed by atoms with Gasteiger partial charge in [-0.15, -0.1) is 0 Å². The highest BCUT2D eigenvalue weighted by atomic mass is 16.5. The molecule has 7 nitrogen and oxygen atoms in total. The van der Waals surface area contributed by atoms with Crippen molar-refractivity contribution >= 4 is 22.9 Å². The summed E-state index contributed by atoms with van der Waals surface area (Å²) in [5, 5.41) is 56.5. The predicted molar refractivity (Wildman–Crippen MR) is 169 cm³/mol. The topological polar surface area (TPSA) is 122 Å². The minimum atomic E-state index is -0.351. The quantitative estimate of drug-likeness (QED) is 0.0988. The molecular formula is C36H39NO6. The molecule has 2 fully saturated rings. The number of phenolic OH excluding ortho intramolecular Hbond substituents is 5. The molecule has 7 heteroatoms. The molecule has 1 atom stereocenters. The fraction of sp³-hybridized carbons (Fsp3) is 0.333. The van der Waals surface area contributed by atoms with Crippen molar-refractivity contribution in [2.24, 2.45) is 0 Å². The van der Waals surface area contributed by atoms with Crippen molar-refractivity contribution in [1.82, 2.24) is 5.32 Å². The standard InChI is InChI=1S/C36H39NO6/c38-30-15-12-24(20-32(30)40)11-13-27-28-4-3-5-31(39)33(28)35(42)34(41)29(27)14-10-23-6-8-25(9-7-23)22-37-26-16-19-43-36(21-26)17-1-2-18-36/h3-9,11-13,15,20,26,37-42H,1-2,10,14,16-19,21-22H2/t26-/m0/s1.